The normalized spacial score (nSPS) is 10.5. The second-order valence-electron chi connectivity index (χ2n) is 5.22. The number of hydrogen-bond acceptors (Lipinski definition) is 2. The lowest BCUT2D eigenvalue weighted by Gasteiger charge is -2.08. The average molecular weight is 326 g/mol. The number of H-pyrrole nitrogens is 1. The van der Waals surface area contributed by atoms with Crippen molar-refractivity contribution >= 4 is 23.2 Å². The number of aryl methyl sites for hydroxylation is 1. The molecule has 1 aromatic heterocycles. The lowest BCUT2D eigenvalue weighted by atomic mass is 10.1. The van der Waals surface area contributed by atoms with Crippen molar-refractivity contribution in [3.63, 3.8) is 0 Å². The van der Waals surface area contributed by atoms with Crippen LogP contribution in [0.15, 0.2) is 60.9 Å². The third kappa shape index (κ3) is 3.99. The van der Waals surface area contributed by atoms with Crippen molar-refractivity contribution in [3.05, 3.63) is 71.5 Å². The van der Waals surface area contributed by atoms with Crippen LogP contribution in [-0.2, 0) is 11.2 Å². The van der Waals surface area contributed by atoms with E-state index in [4.69, 9.17) is 11.6 Å². The second-order valence-corrected chi connectivity index (χ2v) is 5.62. The van der Waals surface area contributed by atoms with E-state index in [1.54, 1.807) is 18.5 Å². The molecule has 0 aliphatic heterocycles. The van der Waals surface area contributed by atoms with Crippen LogP contribution in [0, 0.1) is 0 Å². The van der Waals surface area contributed by atoms with Gasteiger partial charge < -0.3 is 5.32 Å². The molecule has 1 heterocycles. The van der Waals surface area contributed by atoms with Crippen LogP contribution in [0.2, 0.25) is 5.02 Å². The number of amides is 1. The van der Waals surface area contributed by atoms with Gasteiger partial charge in [0, 0.05) is 29.4 Å². The summed E-state index contributed by atoms with van der Waals surface area (Å²) in [5.41, 5.74) is 3.64. The number of anilines is 1. The Morgan fingerprint density at radius 3 is 2.70 bits per heavy atom. The summed E-state index contributed by atoms with van der Waals surface area (Å²) in [6.07, 6.45) is 4.64. The van der Waals surface area contributed by atoms with E-state index in [9.17, 15) is 4.79 Å². The Kier molecular flexibility index (Phi) is 4.74. The van der Waals surface area contributed by atoms with Gasteiger partial charge in [-0.15, -0.1) is 0 Å². The molecule has 0 aliphatic rings. The first-order chi connectivity index (χ1) is 11.2. The van der Waals surface area contributed by atoms with Crippen LogP contribution in [-0.4, -0.2) is 16.1 Å². The van der Waals surface area contributed by atoms with Crippen LogP contribution < -0.4 is 5.32 Å². The molecule has 0 saturated heterocycles. The highest BCUT2D eigenvalue weighted by Gasteiger charge is 2.08. The molecule has 4 nitrogen and oxygen atoms in total. The number of hydrogen-bond donors (Lipinski definition) is 2. The fourth-order valence-corrected chi connectivity index (χ4v) is 2.64. The lowest BCUT2D eigenvalue weighted by molar-refractivity contribution is -0.116. The first kappa shape index (κ1) is 15.3. The van der Waals surface area contributed by atoms with Crippen molar-refractivity contribution in [2.24, 2.45) is 0 Å². The molecule has 3 aromatic rings. The van der Waals surface area contributed by atoms with Gasteiger partial charge >= 0.3 is 0 Å². The highest BCUT2D eigenvalue weighted by atomic mass is 35.5. The Hall–Kier alpha value is -2.59. The summed E-state index contributed by atoms with van der Waals surface area (Å²) < 4.78 is 0. The van der Waals surface area contributed by atoms with Crippen molar-refractivity contribution in [1.29, 1.82) is 0 Å². The number of carbonyl (C=O) groups is 1. The maximum absolute atomic E-state index is 12.0. The van der Waals surface area contributed by atoms with Gasteiger partial charge in [0.1, 0.15) is 0 Å². The van der Waals surface area contributed by atoms with E-state index in [1.807, 2.05) is 42.5 Å². The summed E-state index contributed by atoms with van der Waals surface area (Å²) in [6.45, 7) is 0. The van der Waals surface area contributed by atoms with Crippen molar-refractivity contribution in [2.75, 3.05) is 5.32 Å². The number of carbonyl (C=O) groups excluding carboxylic acids is 1. The first-order valence-electron chi connectivity index (χ1n) is 7.35. The van der Waals surface area contributed by atoms with Crippen LogP contribution in [0.4, 0.5) is 5.69 Å². The molecule has 0 aliphatic carbocycles. The zero-order chi connectivity index (χ0) is 16.1. The largest absolute Gasteiger partial charge is 0.326 e. The molecule has 23 heavy (non-hydrogen) atoms. The van der Waals surface area contributed by atoms with E-state index in [0.29, 0.717) is 23.6 Å². The number of nitrogens with one attached hydrogen (secondary N) is 2. The smallest absolute Gasteiger partial charge is 0.224 e. The average Bonchev–Trinajstić information content (AvgIpc) is 3.08. The Morgan fingerprint density at radius 1 is 1.17 bits per heavy atom. The Balaban J connectivity index is 1.62. The Bertz CT molecular complexity index is 785. The SMILES string of the molecule is O=C(CCc1ccccc1)Nc1ccc(-c2cn[nH]c2)c(Cl)c1. The second kappa shape index (κ2) is 7.11. The van der Waals surface area contributed by atoms with Gasteiger partial charge in [-0.05, 0) is 24.1 Å². The van der Waals surface area contributed by atoms with Gasteiger partial charge in [-0.2, -0.15) is 5.10 Å². The topological polar surface area (TPSA) is 57.8 Å². The summed E-state index contributed by atoms with van der Waals surface area (Å²) in [6, 6.07) is 15.4. The highest BCUT2D eigenvalue weighted by molar-refractivity contribution is 6.33. The fourth-order valence-electron chi connectivity index (χ4n) is 2.35. The molecule has 0 unspecified atom stereocenters. The Labute approximate surface area is 139 Å². The van der Waals surface area contributed by atoms with E-state index >= 15 is 0 Å². The maximum atomic E-state index is 12.0. The summed E-state index contributed by atoms with van der Waals surface area (Å²) in [4.78, 5) is 12.0. The number of halogens is 1. The lowest BCUT2D eigenvalue weighted by Crippen LogP contribution is -2.12. The summed E-state index contributed by atoms with van der Waals surface area (Å²) in [7, 11) is 0. The van der Waals surface area contributed by atoms with Crippen molar-refractivity contribution in [2.45, 2.75) is 12.8 Å². The minimum Gasteiger partial charge on any atom is -0.326 e. The molecule has 3 rings (SSSR count). The molecule has 116 valence electrons. The van der Waals surface area contributed by atoms with Crippen molar-refractivity contribution in [3.8, 4) is 11.1 Å². The predicted octanol–water partition coefficient (Wildman–Crippen LogP) is 4.30. The molecular weight excluding hydrogens is 310 g/mol. The Morgan fingerprint density at radius 2 is 2.00 bits per heavy atom. The number of benzene rings is 2. The zero-order valence-corrected chi connectivity index (χ0v) is 13.2. The molecule has 0 bridgehead atoms. The molecule has 0 saturated carbocycles. The minimum absolute atomic E-state index is 0.0269. The van der Waals surface area contributed by atoms with Crippen molar-refractivity contribution in [1.82, 2.24) is 10.2 Å². The van der Waals surface area contributed by atoms with E-state index in [0.717, 1.165) is 16.7 Å². The molecule has 2 aromatic carbocycles. The molecule has 0 radical (unpaired) electrons. The molecule has 0 fully saturated rings. The molecule has 2 N–H and O–H groups in total. The number of rotatable bonds is 5. The molecule has 0 atom stereocenters. The summed E-state index contributed by atoms with van der Waals surface area (Å²) in [5.74, 6) is -0.0269. The minimum atomic E-state index is -0.0269. The number of aromatic amines is 1. The van der Waals surface area contributed by atoms with Crippen LogP contribution in [0.1, 0.15) is 12.0 Å². The monoisotopic (exact) mass is 325 g/mol. The fraction of sp³-hybridized carbons (Fsp3) is 0.111. The van der Waals surface area contributed by atoms with Crippen molar-refractivity contribution < 1.29 is 4.79 Å². The number of nitrogens with zero attached hydrogens (tertiary/aromatic N) is 1. The van der Waals surface area contributed by atoms with E-state index < -0.39 is 0 Å². The predicted molar refractivity (Wildman–Crippen MR) is 92.4 cm³/mol. The van der Waals surface area contributed by atoms with Gasteiger partial charge in [0.05, 0.1) is 11.2 Å². The third-order valence-corrected chi connectivity index (χ3v) is 3.86. The zero-order valence-electron chi connectivity index (χ0n) is 12.4. The summed E-state index contributed by atoms with van der Waals surface area (Å²) in [5, 5.41) is 10.1. The molecule has 1 amide bonds. The van der Waals surface area contributed by atoms with Gasteiger partial charge in [-0.25, -0.2) is 0 Å². The van der Waals surface area contributed by atoms with Gasteiger partial charge in [-0.3, -0.25) is 9.89 Å². The van der Waals surface area contributed by atoms with Gasteiger partial charge in [-0.1, -0.05) is 48.0 Å². The first-order valence-corrected chi connectivity index (χ1v) is 7.72. The maximum Gasteiger partial charge on any atom is 0.224 e. The quantitative estimate of drug-likeness (QED) is 0.734. The van der Waals surface area contributed by atoms with E-state index in [1.165, 1.54) is 0 Å². The standard InChI is InChI=1S/C18H16ClN3O/c19-17-10-15(7-8-16(17)14-11-20-21-12-14)22-18(23)9-6-13-4-2-1-3-5-13/h1-5,7-8,10-12H,6,9H2,(H,20,21)(H,22,23). The molecular formula is C18H16ClN3O. The van der Waals surface area contributed by atoms with Gasteiger partial charge in [0.25, 0.3) is 0 Å². The van der Waals surface area contributed by atoms with E-state index in [-0.39, 0.29) is 5.91 Å². The number of aromatic nitrogens is 2. The van der Waals surface area contributed by atoms with Crippen LogP contribution >= 0.6 is 11.6 Å². The van der Waals surface area contributed by atoms with Crippen LogP contribution in [0.3, 0.4) is 0 Å². The summed E-state index contributed by atoms with van der Waals surface area (Å²) >= 11 is 6.28. The molecule has 5 heteroatoms. The van der Waals surface area contributed by atoms with E-state index in [2.05, 4.69) is 15.5 Å². The van der Waals surface area contributed by atoms with Crippen LogP contribution in [0.5, 0.6) is 0 Å². The van der Waals surface area contributed by atoms with Gasteiger partial charge in [0.2, 0.25) is 5.91 Å². The third-order valence-electron chi connectivity index (χ3n) is 3.55. The van der Waals surface area contributed by atoms with Gasteiger partial charge in [0.15, 0.2) is 0 Å². The molecule has 0 spiro atoms. The van der Waals surface area contributed by atoms with Crippen LogP contribution in [0.25, 0.3) is 11.1 Å². The highest BCUT2D eigenvalue weighted by Crippen LogP contribution is 2.29.